The SMILES string of the molecule is CCCCOCCC(CC)(CCCC)CNC(C)C. The van der Waals surface area contributed by atoms with Gasteiger partial charge in [-0.3, -0.25) is 0 Å². The normalized spacial score (nSPS) is 14.8. The molecule has 2 heteroatoms. The fourth-order valence-electron chi connectivity index (χ4n) is 2.39. The standard InChI is InChI=1S/C17H37NO/c1-6-9-11-17(8-3,15-18-16(4)5)12-14-19-13-10-7-2/h16,18H,6-15H2,1-5H3. The zero-order valence-corrected chi connectivity index (χ0v) is 14.1. The molecule has 0 aliphatic heterocycles. The lowest BCUT2D eigenvalue weighted by molar-refractivity contribution is 0.0821. The summed E-state index contributed by atoms with van der Waals surface area (Å²) in [4.78, 5) is 0. The molecule has 2 nitrogen and oxygen atoms in total. The molecule has 0 rings (SSSR count). The van der Waals surface area contributed by atoms with Crippen LogP contribution in [0.2, 0.25) is 0 Å². The van der Waals surface area contributed by atoms with Crippen molar-refractivity contribution in [2.45, 2.75) is 85.6 Å². The Morgan fingerprint density at radius 2 is 1.63 bits per heavy atom. The third-order valence-electron chi connectivity index (χ3n) is 4.11. The Morgan fingerprint density at radius 1 is 0.947 bits per heavy atom. The van der Waals surface area contributed by atoms with Crippen LogP contribution in [0.1, 0.15) is 79.6 Å². The molecule has 1 unspecified atom stereocenters. The van der Waals surface area contributed by atoms with Gasteiger partial charge in [0.1, 0.15) is 0 Å². The van der Waals surface area contributed by atoms with Crippen molar-refractivity contribution in [3.8, 4) is 0 Å². The molecule has 0 saturated carbocycles. The van der Waals surface area contributed by atoms with Gasteiger partial charge < -0.3 is 10.1 Å². The first-order valence-electron chi connectivity index (χ1n) is 8.41. The highest BCUT2D eigenvalue weighted by atomic mass is 16.5. The molecule has 0 radical (unpaired) electrons. The van der Waals surface area contributed by atoms with Crippen LogP contribution in [0.3, 0.4) is 0 Å². The highest BCUT2D eigenvalue weighted by Gasteiger charge is 2.27. The fourth-order valence-corrected chi connectivity index (χ4v) is 2.39. The molecular formula is C17H37NO. The van der Waals surface area contributed by atoms with E-state index in [-0.39, 0.29) is 0 Å². The lowest BCUT2D eigenvalue weighted by Crippen LogP contribution is -2.38. The first-order chi connectivity index (χ1) is 9.10. The molecule has 0 saturated heterocycles. The van der Waals surface area contributed by atoms with E-state index < -0.39 is 0 Å². The Bertz CT molecular complexity index is 194. The number of ether oxygens (including phenoxy) is 1. The Morgan fingerprint density at radius 3 is 2.16 bits per heavy atom. The van der Waals surface area contributed by atoms with E-state index >= 15 is 0 Å². The topological polar surface area (TPSA) is 21.3 Å². The van der Waals surface area contributed by atoms with E-state index in [0.717, 1.165) is 19.8 Å². The van der Waals surface area contributed by atoms with E-state index in [4.69, 9.17) is 4.74 Å². The minimum absolute atomic E-state index is 0.437. The van der Waals surface area contributed by atoms with Crippen LogP contribution in [-0.2, 0) is 4.74 Å². The molecule has 0 aliphatic rings. The van der Waals surface area contributed by atoms with Gasteiger partial charge in [-0.1, -0.05) is 53.9 Å². The maximum atomic E-state index is 5.79. The molecule has 0 bridgehead atoms. The molecule has 1 atom stereocenters. The summed E-state index contributed by atoms with van der Waals surface area (Å²) in [5.41, 5.74) is 0.437. The Hall–Kier alpha value is -0.0800. The first-order valence-corrected chi connectivity index (χ1v) is 8.41. The highest BCUT2D eigenvalue weighted by Crippen LogP contribution is 2.32. The molecule has 0 spiro atoms. The van der Waals surface area contributed by atoms with Gasteiger partial charge in [0.15, 0.2) is 0 Å². The Labute approximate surface area is 121 Å². The van der Waals surface area contributed by atoms with Gasteiger partial charge in [0.05, 0.1) is 0 Å². The van der Waals surface area contributed by atoms with Crippen molar-refractivity contribution in [3.63, 3.8) is 0 Å². The quantitative estimate of drug-likeness (QED) is 0.487. The van der Waals surface area contributed by atoms with Gasteiger partial charge in [-0.25, -0.2) is 0 Å². The van der Waals surface area contributed by atoms with E-state index in [2.05, 4.69) is 39.9 Å². The van der Waals surface area contributed by atoms with Crippen molar-refractivity contribution >= 4 is 0 Å². The number of unbranched alkanes of at least 4 members (excludes halogenated alkanes) is 2. The zero-order valence-electron chi connectivity index (χ0n) is 14.1. The average Bonchev–Trinajstić information content (AvgIpc) is 2.41. The van der Waals surface area contributed by atoms with E-state index in [0.29, 0.717) is 11.5 Å². The zero-order chi connectivity index (χ0) is 14.6. The molecule has 0 fully saturated rings. The molecule has 0 heterocycles. The van der Waals surface area contributed by atoms with E-state index in [9.17, 15) is 0 Å². The van der Waals surface area contributed by atoms with Gasteiger partial charge >= 0.3 is 0 Å². The maximum Gasteiger partial charge on any atom is 0.0471 e. The largest absolute Gasteiger partial charge is 0.381 e. The molecule has 19 heavy (non-hydrogen) atoms. The number of rotatable bonds is 13. The van der Waals surface area contributed by atoms with Gasteiger partial charge in [-0.05, 0) is 31.1 Å². The van der Waals surface area contributed by atoms with Gasteiger partial charge in [-0.15, -0.1) is 0 Å². The van der Waals surface area contributed by atoms with Gasteiger partial charge in [-0.2, -0.15) is 0 Å². The molecule has 0 aromatic heterocycles. The average molecular weight is 271 g/mol. The monoisotopic (exact) mass is 271 g/mol. The van der Waals surface area contributed by atoms with Crippen LogP contribution in [0.25, 0.3) is 0 Å². The summed E-state index contributed by atoms with van der Waals surface area (Å²) in [7, 11) is 0. The Balaban J connectivity index is 4.19. The summed E-state index contributed by atoms with van der Waals surface area (Å²) < 4.78 is 5.79. The molecule has 0 amide bonds. The first kappa shape index (κ1) is 18.9. The van der Waals surface area contributed by atoms with E-state index in [1.54, 1.807) is 0 Å². The smallest absolute Gasteiger partial charge is 0.0471 e. The van der Waals surface area contributed by atoms with E-state index in [1.165, 1.54) is 44.9 Å². The molecule has 0 aliphatic carbocycles. The summed E-state index contributed by atoms with van der Waals surface area (Å²) in [6.45, 7) is 14.3. The van der Waals surface area contributed by atoms with Gasteiger partial charge in [0.25, 0.3) is 0 Å². The Kier molecular flexibility index (Phi) is 11.7. The predicted octanol–water partition coefficient (Wildman–Crippen LogP) is 4.78. The molecule has 0 aromatic rings. The second kappa shape index (κ2) is 11.7. The maximum absolute atomic E-state index is 5.79. The predicted molar refractivity (Wildman–Crippen MR) is 85.7 cm³/mol. The summed E-state index contributed by atoms with van der Waals surface area (Å²) in [6.07, 6.45) is 8.83. The summed E-state index contributed by atoms with van der Waals surface area (Å²) in [5, 5.41) is 3.64. The lowest BCUT2D eigenvalue weighted by Gasteiger charge is -2.34. The molecule has 1 N–H and O–H groups in total. The molecule has 0 aromatic carbocycles. The lowest BCUT2D eigenvalue weighted by atomic mass is 9.77. The number of hydrogen-bond donors (Lipinski definition) is 1. The van der Waals surface area contributed by atoms with Crippen LogP contribution in [-0.4, -0.2) is 25.8 Å². The van der Waals surface area contributed by atoms with Crippen molar-refractivity contribution in [1.82, 2.24) is 5.32 Å². The summed E-state index contributed by atoms with van der Waals surface area (Å²) in [6, 6.07) is 0.577. The molecule has 116 valence electrons. The summed E-state index contributed by atoms with van der Waals surface area (Å²) >= 11 is 0. The van der Waals surface area contributed by atoms with Gasteiger partial charge in [0, 0.05) is 25.8 Å². The van der Waals surface area contributed by atoms with E-state index in [1.807, 2.05) is 0 Å². The highest BCUT2D eigenvalue weighted by molar-refractivity contribution is 4.81. The van der Waals surface area contributed by atoms with Crippen LogP contribution in [0.4, 0.5) is 0 Å². The van der Waals surface area contributed by atoms with Crippen LogP contribution in [0.15, 0.2) is 0 Å². The van der Waals surface area contributed by atoms with Crippen molar-refractivity contribution < 1.29 is 4.74 Å². The third-order valence-corrected chi connectivity index (χ3v) is 4.11. The third kappa shape index (κ3) is 9.45. The van der Waals surface area contributed by atoms with Crippen molar-refractivity contribution in [3.05, 3.63) is 0 Å². The van der Waals surface area contributed by atoms with Gasteiger partial charge in [0.2, 0.25) is 0 Å². The van der Waals surface area contributed by atoms with Crippen molar-refractivity contribution in [2.24, 2.45) is 5.41 Å². The van der Waals surface area contributed by atoms with Crippen LogP contribution >= 0.6 is 0 Å². The van der Waals surface area contributed by atoms with Crippen LogP contribution < -0.4 is 5.32 Å². The van der Waals surface area contributed by atoms with Crippen molar-refractivity contribution in [1.29, 1.82) is 0 Å². The number of hydrogen-bond acceptors (Lipinski definition) is 2. The fraction of sp³-hybridized carbons (Fsp3) is 1.00. The summed E-state index contributed by atoms with van der Waals surface area (Å²) in [5.74, 6) is 0. The minimum Gasteiger partial charge on any atom is -0.381 e. The minimum atomic E-state index is 0.437. The van der Waals surface area contributed by atoms with Crippen molar-refractivity contribution in [2.75, 3.05) is 19.8 Å². The second-order valence-electron chi connectivity index (χ2n) is 6.21. The van der Waals surface area contributed by atoms with Crippen LogP contribution in [0, 0.1) is 5.41 Å². The molecular weight excluding hydrogens is 234 g/mol. The second-order valence-corrected chi connectivity index (χ2v) is 6.21. The number of nitrogens with one attached hydrogen (secondary N) is 1. The van der Waals surface area contributed by atoms with Crippen LogP contribution in [0.5, 0.6) is 0 Å².